The molecule has 130 valence electrons. The molecule has 2 aromatic carbocycles. The fourth-order valence-corrected chi connectivity index (χ4v) is 2.13. The van der Waals surface area contributed by atoms with Crippen molar-refractivity contribution in [2.24, 2.45) is 5.10 Å². The average molecular weight is 351 g/mol. The summed E-state index contributed by atoms with van der Waals surface area (Å²) in [5.41, 5.74) is 4.79. The van der Waals surface area contributed by atoms with Crippen molar-refractivity contribution in [1.29, 1.82) is 0 Å². The molecule has 0 radical (unpaired) electrons. The van der Waals surface area contributed by atoms with Crippen molar-refractivity contribution in [3.05, 3.63) is 76.1 Å². The molecule has 1 N–H and O–H groups in total. The van der Waals surface area contributed by atoms with Gasteiger partial charge in [-0.3, -0.25) is 14.9 Å². The summed E-state index contributed by atoms with van der Waals surface area (Å²) in [6.45, 7) is 1.70. The van der Waals surface area contributed by atoms with E-state index in [1.165, 1.54) is 23.1 Å². The van der Waals surface area contributed by atoms with Gasteiger partial charge in [0, 0.05) is 17.7 Å². The van der Waals surface area contributed by atoms with Gasteiger partial charge in [0.15, 0.2) is 0 Å². The van der Waals surface area contributed by atoms with Crippen LogP contribution in [0.4, 0.5) is 5.69 Å². The van der Waals surface area contributed by atoms with E-state index in [9.17, 15) is 14.9 Å². The first-order chi connectivity index (χ1) is 12.5. The number of carbonyl (C=O) groups excluding carboxylic acids is 1. The average Bonchev–Trinajstić information content (AvgIpc) is 3.21. The third-order valence-corrected chi connectivity index (χ3v) is 3.56. The molecule has 0 fully saturated rings. The summed E-state index contributed by atoms with van der Waals surface area (Å²) in [5.74, 6) is -0.380. The number of tetrazole rings is 1. The zero-order valence-corrected chi connectivity index (χ0v) is 13.6. The van der Waals surface area contributed by atoms with E-state index in [0.29, 0.717) is 16.8 Å². The van der Waals surface area contributed by atoms with E-state index >= 15 is 0 Å². The Balaban J connectivity index is 1.67. The highest BCUT2D eigenvalue weighted by Crippen LogP contribution is 2.12. The maximum atomic E-state index is 12.2. The first kappa shape index (κ1) is 16.9. The molecule has 3 rings (SSSR count). The molecule has 0 aliphatic carbocycles. The molecule has 3 aromatic rings. The SMILES string of the molecule is C/C(=N\NC(=O)c1ccc(-n2cnnn2)cc1)c1ccc([N+](=O)[O-])cc1. The van der Waals surface area contributed by atoms with Crippen LogP contribution in [0.25, 0.3) is 5.69 Å². The normalized spacial score (nSPS) is 11.2. The highest BCUT2D eigenvalue weighted by molar-refractivity contribution is 6.01. The summed E-state index contributed by atoms with van der Waals surface area (Å²) < 4.78 is 1.47. The van der Waals surface area contributed by atoms with Crippen molar-refractivity contribution in [1.82, 2.24) is 25.6 Å². The number of hydrazone groups is 1. The van der Waals surface area contributed by atoms with Crippen LogP contribution in [0, 0.1) is 10.1 Å². The van der Waals surface area contributed by atoms with Crippen LogP contribution in [-0.2, 0) is 0 Å². The molecule has 0 atom stereocenters. The Labute approximate surface area is 147 Å². The van der Waals surface area contributed by atoms with Gasteiger partial charge in [-0.15, -0.1) is 5.10 Å². The number of nitrogens with one attached hydrogen (secondary N) is 1. The van der Waals surface area contributed by atoms with Crippen LogP contribution < -0.4 is 5.43 Å². The van der Waals surface area contributed by atoms with Crippen LogP contribution in [0.2, 0.25) is 0 Å². The van der Waals surface area contributed by atoms with Gasteiger partial charge in [-0.25, -0.2) is 10.1 Å². The van der Waals surface area contributed by atoms with Gasteiger partial charge >= 0.3 is 0 Å². The van der Waals surface area contributed by atoms with Gasteiger partial charge in [-0.05, 0) is 59.3 Å². The number of rotatable bonds is 5. The van der Waals surface area contributed by atoms with Gasteiger partial charge in [-0.1, -0.05) is 0 Å². The second kappa shape index (κ2) is 7.30. The van der Waals surface area contributed by atoms with Crippen molar-refractivity contribution >= 4 is 17.3 Å². The van der Waals surface area contributed by atoms with Crippen LogP contribution >= 0.6 is 0 Å². The molecule has 1 aromatic heterocycles. The summed E-state index contributed by atoms with van der Waals surface area (Å²) >= 11 is 0. The Morgan fingerprint density at radius 2 is 1.77 bits per heavy atom. The van der Waals surface area contributed by atoms with Crippen molar-refractivity contribution in [3.8, 4) is 5.69 Å². The van der Waals surface area contributed by atoms with Gasteiger partial charge in [0.1, 0.15) is 6.33 Å². The van der Waals surface area contributed by atoms with Crippen LogP contribution in [0.5, 0.6) is 0 Å². The highest BCUT2D eigenvalue weighted by atomic mass is 16.6. The number of hydrogen-bond donors (Lipinski definition) is 1. The first-order valence-corrected chi connectivity index (χ1v) is 7.47. The molecule has 0 saturated carbocycles. The molecule has 10 nitrogen and oxygen atoms in total. The minimum Gasteiger partial charge on any atom is -0.267 e. The van der Waals surface area contributed by atoms with E-state index in [2.05, 4.69) is 26.1 Å². The van der Waals surface area contributed by atoms with E-state index in [1.54, 1.807) is 43.3 Å². The molecule has 1 amide bonds. The number of hydrogen-bond acceptors (Lipinski definition) is 7. The molecule has 10 heteroatoms. The summed E-state index contributed by atoms with van der Waals surface area (Å²) in [6, 6.07) is 12.6. The Morgan fingerprint density at radius 3 is 2.35 bits per heavy atom. The summed E-state index contributed by atoms with van der Waals surface area (Å²) in [7, 11) is 0. The smallest absolute Gasteiger partial charge is 0.267 e. The third-order valence-electron chi connectivity index (χ3n) is 3.56. The molecule has 1 heterocycles. The summed E-state index contributed by atoms with van der Waals surface area (Å²) in [4.78, 5) is 22.4. The Hall–Kier alpha value is -3.95. The summed E-state index contributed by atoms with van der Waals surface area (Å²) in [5, 5.41) is 25.5. The van der Waals surface area contributed by atoms with E-state index in [1.807, 2.05) is 0 Å². The molecule has 0 spiro atoms. The number of amides is 1. The molecular formula is C16H13N7O3. The second-order valence-electron chi connectivity index (χ2n) is 5.24. The predicted molar refractivity (Wildman–Crippen MR) is 91.9 cm³/mol. The van der Waals surface area contributed by atoms with Crippen molar-refractivity contribution in [2.75, 3.05) is 0 Å². The quantitative estimate of drug-likeness (QED) is 0.423. The standard InChI is InChI=1S/C16H13N7O3/c1-11(12-2-8-15(9-3-12)23(25)26)18-19-16(24)13-4-6-14(7-5-13)22-10-17-20-21-22/h2-10H,1H3,(H,19,24)/b18-11+. The number of carbonyl (C=O) groups is 1. The van der Waals surface area contributed by atoms with Crippen LogP contribution in [0.3, 0.4) is 0 Å². The van der Waals surface area contributed by atoms with E-state index in [4.69, 9.17) is 0 Å². The Morgan fingerprint density at radius 1 is 1.12 bits per heavy atom. The van der Waals surface area contributed by atoms with Gasteiger partial charge in [0.25, 0.3) is 11.6 Å². The van der Waals surface area contributed by atoms with Gasteiger partial charge in [0.2, 0.25) is 0 Å². The van der Waals surface area contributed by atoms with Crippen LogP contribution in [-0.4, -0.2) is 36.7 Å². The first-order valence-electron chi connectivity index (χ1n) is 7.47. The molecular weight excluding hydrogens is 338 g/mol. The van der Waals surface area contributed by atoms with Crippen molar-refractivity contribution in [3.63, 3.8) is 0 Å². The monoisotopic (exact) mass is 351 g/mol. The highest BCUT2D eigenvalue weighted by Gasteiger charge is 2.08. The minimum absolute atomic E-state index is 0.00624. The molecule has 26 heavy (non-hydrogen) atoms. The largest absolute Gasteiger partial charge is 0.271 e. The number of non-ortho nitro benzene ring substituents is 1. The number of nitro benzene ring substituents is 1. The van der Waals surface area contributed by atoms with Crippen LogP contribution in [0.15, 0.2) is 60.0 Å². The molecule has 0 aliphatic rings. The van der Waals surface area contributed by atoms with Crippen LogP contribution in [0.1, 0.15) is 22.8 Å². The Kier molecular flexibility index (Phi) is 4.74. The number of aromatic nitrogens is 4. The Bertz CT molecular complexity index is 949. The van der Waals surface area contributed by atoms with E-state index in [0.717, 1.165) is 5.69 Å². The minimum atomic E-state index is -0.475. The lowest BCUT2D eigenvalue weighted by atomic mass is 10.1. The fraction of sp³-hybridized carbons (Fsp3) is 0.0625. The molecule has 0 bridgehead atoms. The lowest BCUT2D eigenvalue weighted by Gasteiger charge is -2.04. The zero-order valence-electron chi connectivity index (χ0n) is 13.6. The van der Waals surface area contributed by atoms with Gasteiger partial charge in [0.05, 0.1) is 16.3 Å². The number of nitrogens with zero attached hydrogens (tertiary/aromatic N) is 6. The lowest BCUT2D eigenvalue weighted by Crippen LogP contribution is -2.19. The molecule has 0 saturated heterocycles. The fourth-order valence-electron chi connectivity index (χ4n) is 2.13. The van der Waals surface area contributed by atoms with Crippen molar-refractivity contribution in [2.45, 2.75) is 6.92 Å². The van der Waals surface area contributed by atoms with Crippen molar-refractivity contribution < 1.29 is 9.72 Å². The van der Waals surface area contributed by atoms with Gasteiger partial charge < -0.3 is 0 Å². The maximum absolute atomic E-state index is 12.2. The number of nitro groups is 1. The summed E-state index contributed by atoms with van der Waals surface area (Å²) in [6.07, 6.45) is 1.45. The molecule has 0 aliphatic heterocycles. The third kappa shape index (κ3) is 3.75. The van der Waals surface area contributed by atoms with E-state index in [-0.39, 0.29) is 11.6 Å². The number of benzene rings is 2. The lowest BCUT2D eigenvalue weighted by molar-refractivity contribution is -0.384. The molecule has 0 unspecified atom stereocenters. The zero-order chi connectivity index (χ0) is 18.5. The van der Waals surface area contributed by atoms with Gasteiger partial charge in [-0.2, -0.15) is 5.10 Å². The topological polar surface area (TPSA) is 128 Å². The second-order valence-corrected chi connectivity index (χ2v) is 5.24. The maximum Gasteiger partial charge on any atom is 0.271 e. The van der Waals surface area contributed by atoms with E-state index < -0.39 is 4.92 Å². The predicted octanol–water partition coefficient (Wildman–Crippen LogP) is 1.72.